The van der Waals surface area contributed by atoms with E-state index in [-0.39, 0.29) is 30.7 Å². The Labute approximate surface area is 157 Å². The number of carbonyl (C=O) groups excluding carboxylic acids is 1. The highest BCUT2D eigenvalue weighted by Crippen LogP contribution is 2.27. The molecular formula is C17H29Cl2N3O2. The molecule has 5 nitrogen and oxygen atoms in total. The van der Waals surface area contributed by atoms with Crippen LogP contribution in [0.5, 0.6) is 5.75 Å². The molecule has 0 aliphatic heterocycles. The molecule has 0 aromatic heterocycles. The van der Waals surface area contributed by atoms with Gasteiger partial charge in [-0.05, 0) is 44.6 Å². The summed E-state index contributed by atoms with van der Waals surface area (Å²) in [6, 6.07) is 7.82. The highest BCUT2D eigenvalue weighted by molar-refractivity contribution is 5.86. The number of benzene rings is 1. The van der Waals surface area contributed by atoms with Crippen LogP contribution in [0.2, 0.25) is 0 Å². The molecule has 1 fully saturated rings. The fraction of sp³-hybridized carbons (Fsp3) is 0.588. The maximum atomic E-state index is 12.1. The summed E-state index contributed by atoms with van der Waals surface area (Å²) in [5, 5.41) is 2.95. The van der Waals surface area contributed by atoms with Gasteiger partial charge in [0, 0.05) is 13.1 Å². The van der Waals surface area contributed by atoms with E-state index in [9.17, 15) is 4.79 Å². The zero-order valence-electron chi connectivity index (χ0n) is 14.4. The minimum atomic E-state index is -0.658. The lowest BCUT2D eigenvalue weighted by molar-refractivity contribution is -0.126. The number of likely N-dealkylation sites (N-methyl/N-ethyl adjacent to an activating group) is 1. The average molecular weight is 378 g/mol. The maximum Gasteiger partial charge on any atom is 0.240 e. The minimum Gasteiger partial charge on any atom is -0.492 e. The van der Waals surface area contributed by atoms with Crippen molar-refractivity contribution in [2.45, 2.75) is 37.8 Å². The van der Waals surface area contributed by atoms with Gasteiger partial charge in [-0.1, -0.05) is 25.0 Å². The molecule has 1 amide bonds. The number of nitrogens with two attached hydrogens (primary N) is 1. The smallest absolute Gasteiger partial charge is 0.240 e. The molecule has 1 saturated carbocycles. The van der Waals surface area contributed by atoms with E-state index >= 15 is 0 Å². The molecule has 0 atom stereocenters. The Morgan fingerprint density at radius 2 is 1.79 bits per heavy atom. The van der Waals surface area contributed by atoms with Gasteiger partial charge >= 0.3 is 0 Å². The van der Waals surface area contributed by atoms with Crippen molar-refractivity contribution in [1.82, 2.24) is 10.2 Å². The third-order valence-electron chi connectivity index (χ3n) is 4.13. The van der Waals surface area contributed by atoms with Crippen molar-refractivity contribution in [2.75, 3.05) is 27.2 Å². The Kier molecular flexibility index (Phi) is 10.3. The number of halogens is 2. The SMILES string of the molecule is CN(C)CCOc1ccc(CNC(=O)C2(N)CCCC2)cc1.Cl.Cl. The second kappa shape index (κ2) is 10.8. The van der Waals surface area contributed by atoms with E-state index in [0.717, 1.165) is 43.5 Å². The summed E-state index contributed by atoms with van der Waals surface area (Å²) in [7, 11) is 4.04. The second-order valence-electron chi connectivity index (χ2n) is 6.34. The van der Waals surface area contributed by atoms with Crippen LogP contribution in [0.4, 0.5) is 0 Å². The van der Waals surface area contributed by atoms with Crippen LogP contribution in [-0.4, -0.2) is 43.6 Å². The Bertz CT molecular complexity index is 489. The summed E-state index contributed by atoms with van der Waals surface area (Å²) < 4.78 is 5.65. The van der Waals surface area contributed by atoms with Gasteiger partial charge in [-0.15, -0.1) is 24.8 Å². The Hall–Kier alpha value is -1.01. The highest BCUT2D eigenvalue weighted by atomic mass is 35.5. The average Bonchev–Trinajstić information content (AvgIpc) is 2.94. The number of ether oxygens (including phenoxy) is 1. The fourth-order valence-corrected chi connectivity index (χ4v) is 2.64. The summed E-state index contributed by atoms with van der Waals surface area (Å²) in [5.41, 5.74) is 6.53. The number of amides is 1. The third-order valence-corrected chi connectivity index (χ3v) is 4.13. The topological polar surface area (TPSA) is 67.6 Å². The van der Waals surface area contributed by atoms with E-state index in [2.05, 4.69) is 10.2 Å². The molecule has 7 heteroatoms. The van der Waals surface area contributed by atoms with Gasteiger partial charge in [0.05, 0.1) is 5.54 Å². The van der Waals surface area contributed by atoms with Gasteiger partial charge in [0.1, 0.15) is 12.4 Å². The second-order valence-corrected chi connectivity index (χ2v) is 6.34. The van der Waals surface area contributed by atoms with E-state index < -0.39 is 5.54 Å². The number of carbonyl (C=O) groups is 1. The number of hydrogen-bond acceptors (Lipinski definition) is 4. The number of nitrogens with one attached hydrogen (secondary N) is 1. The van der Waals surface area contributed by atoms with Gasteiger partial charge in [0.2, 0.25) is 5.91 Å². The van der Waals surface area contributed by atoms with Gasteiger partial charge in [0.25, 0.3) is 0 Å². The van der Waals surface area contributed by atoms with Crippen molar-refractivity contribution < 1.29 is 9.53 Å². The first kappa shape index (κ1) is 23.0. The molecule has 0 radical (unpaired) electrons. The molecule has 0 saturated heterocycles. The van der Waals surface area contributed by atoms with Crippen molar-refractivity contribution in [3.8, 4) is 5.75 Å². The van der Waals surface area contributed by atoms with E-state index in [1.807, 2.05) is 38.4 Å². The molecule has 3 N–H and O–H groups in total. The molecule has 138 valence electrons. The van der Waals surface area contributed by atoms with Gasteiger partial charge in [-0.25, -0.2) is 0 Å². The van der Waals surface area contributed by atoms with E-state index in [0.29, 0.717) is 13.2 Å². The molecule has 0 spiro atoms. The molecule has 1 aromatic carbocycles. The molecule has 0 unspecified atom stereocenters. The van der Waals surface area contributed by atoms with Crippen molar-refractivity contribution >= 4 is 30.7 Å². The minimum absolute atomic E-state index is 0. The van der Waals surface area contributed by atoms with Crippen LogP contribution in [0.3, 0.4) is 0 Å². The summed E-state index contributed by atoms with van der Waals surface area (Å²) >= 11 is 0. The zero-order chi connectivity index (χ0) is 16.0. The van der Waals surface area contributed by atoms with Crippen LogP contribution in [-0.2, 0) is 11.3 Å². The molecule has 1 aliphatic rings. The van der Waals surface area contributed by atoms with Gasteiger partial charge in [-0.2, -0.15) is 0 Å². The quantitative estimate of drug-likeness (QED) is 0.765. The largest absolute Gasteiger partial charge is 0.492 e. The van der Waals surface area contributed by atoms with Crippen molar-refractivity contribution in [3.05, 3.63) is 29.8 Å². The molecule has 0 heterocycles. The first-order valence-corrected chi connectivity index (χ1v) is 7.93. The summed E-state index contributed by atoms with van der Waals surface area (Å²) in [4.78, 5) is 14.2. The lowest BCUT2D eigenvalue weighted by atomic mass is 9.98. The van der Waals surface area contributed by atoms with Gasteiger partial charge in [-0.3, -0.25) is 4.79 Å². The van der Waals surface area contributed by atoms with Crippen LogP contribution < -0.4 is 15.8 Å². The predicted molar refractivity (Wildman–Crippen MR) is 102 cm³/mol. The van der Waals surface area contributed by atoms with Gasteiger partial charge < -0.3 is 20.7 Å². The molecule has 2 rings (SSSR count). The van der Waals surface area contributed by atoms with Crippen molar-refractivity contribution in [3.63, 3.8) is 0 Å². The first-order valence-electron chi connectivity index (χ1n) is 7.93. The van der Waals surface area contributed by atoms with Crippen LogP contribution in [0.25, 0.3) is 0 Å². The maximum absolute atomic E-state index is 12.1. The Morgan fingerprint density at radius 1 is 1.21 bits per heavy atom. The lowest BCUT2D eigenvalue weighted by Gasteiger charge is -2.22. The van der Waals surface area contributed by atoms with E-state index in [4.69, 9.17) is 10.5 Å². The van der Waals surface area contributed by atoms with Crippen molar-refractivity contribution in [1.29, 1.82) is 0 Å². The lowest BCUT2D eigenvalue weighted by Crippen LogP contribution is -2.51. The number of nitrogens with zero attached hydrogens (tertiary/aromatic N) is 1. The van der Waals surface area contributed by atoms with Gasteiger partial charge in [0.15, 0.2) is 0 Å². The predicted octanol–water partition coefficient (Wildman–Crippen LogP) is 2.36. The molecule has 0 bridgehead atoms. The molecule has 1 aromatic rings. The Balaban J connectivity index is 0.00000264. The molecular weight excluding hydrogens is 349 g/mol. The third kappa shape index (κ3) is 6.85. The summed E-state index contributed by atoms with van der Waals surface area (Å²) in [6.45, 7) is 2.06. The molecule has 24 heavy (non-hydrogen) atoms. The zero-order valence-corrected chi connectivity index (χ0v) is 16.0. The highest BCUT2D eigenvalue weighted by Gasteiger charge is 2.36. The van der Waals surface area contributed by atoms with Crippen molar-refractivity contribution in [2.24, 2.45) is 5.73 Å². The number of rotatable bonds is 7. The van der Waals surface area contributed by atoms with Crippen LogP contribution >= 0.6 is 24.8 Å². The van der Waals surface area contributed by atoms with Crippen LogP contribution in [0.15, 0.2) is 24.3 Å². The summed E-state index contributed by atoms with van der Waals surface area (Å²) in [6.07, 6.45) is 3.67. The van der Waals surface area contributed by atoms with Crippen LogP contribution in [0.1, 0.15) is 31.2 Å². The van der Waals surface area contributed by atoms with E-state index in [1.165, 1.54) is 0 Å². The summed E-state index contributed by atoms with van der Waals surface area (Å²) in [5.74, 6) is 0.819. The van der Waals surface area contributed by atoms with E-state index in [1.54, 1.807) is 0 Å². The van der Waals surface area contributed by atoms with Crippen LogP contribution in [0, 0.1) is 0 Å². The normalized spacial score (nSPS) is 15.3. The molecule has 1 aliphatic carbocycles. The Morgan fingerprint density at radius 3 is 2.33 bits per heavy atom. The fourth-order valence-electron chi connectivity index (χ4n) is 2.64. The standard InChI is InChI=1S/C17H27N3O2.2ClH/c1-20(2)11-12-22-15-7-5-14(6-8-15)13-19-16(21)17(18)9-3-4-10-17;;/h5-8H,3-4,9-13,18H2,1-2H3,(H,19,21);2*1H. The first-order chi connectivity index (χ1) is 10.5. The number of hydrogen-bond donors (Lipinski definition) is 2. The monoisotopic (exact) mass is 377 g/mol.